The van der Waals surface area contributed by atoms with Crippen LogP contribution < -0.4 is 0 Å². The summed E-state index contributed by atoms with van der Waals surface area (Å²) in [6.45, 7) is 0.0891. The molecule has 0 unspecified atom stereocenters. The van der Waals surface area contributed by atoms with E-state index in [4.69, 9.17) is 0 Å². The first-order valence-corrected chi connectivity index (χ1v) is 7.17. The Bertz CT molecular complexity index is 735. The predicted molar refractivity (Wildman–Crippen MR) is 85.6 cm³/mol. The highest BCUT2D eigenvalue weighted by atomic mass is 16.3. The third-order valence-corrected chi connectivity index (χ3v) is 3.93. The van der Waals surface area contributed by atoms with E-state index in [1.54, 1.807) is 0 Å². The predicted octanol–water partition coefficient (Wildman–Crippen LogP) is 4.06. The lowest BCUT2D eigenvalue weighted by Gasteiger charge is -2.19. The summed E-state index contributed by atoms with van der Waals surface area (Å²) >= 11 is 0. The summed E-state index contributed by atoms with van der Waals surface area (Å²) in [7, 11) is 0. The van der Waals surface area contributed by atoms with Crippen LogP contribution in [-0.4, -0.2) is 16.8 Å². The van der Waals surface area contributed by atoms with Crippen molar-refractivity contribution in [2.24, 2.45) is 0 Å². The van der Waals surface area contributed by atoms with Crippen LogP contribution in [0.2, 0.25) is 0 Å². The van der Waals surface area contributed by atoms with Crippen LogP contribution in [0.3, 0.4) is 0 Å². The number of fused-ring (bicyclic) bond motifs is 1. The normalized spacial score (nSPS) is 12.4. The molecule has 0 heterocycles. The molecule has 2 heteroatoms. The number of rotatable bonds is 4. The van der Waals surface area contributed by atoms with Gasteiger partial charge in [0, 0.05) is 23.5 Å². The molecule has 2 nitrogen and oxygen atoms in total. The summed E-state index contributed by atoms with van der Waals surface area (Å²) in [4.78, 5) is 0. The molecule has 0 spiro atoms. The lowest BCUT2D eigenvalue weighted by atomic mass is 9.87. The summed E-state index contributed by atoms with van der Waals surface area (Å²) < 4.78 is 0. The third kappa shape index (κ3) is 2.63. The van der Waals surface area contributed by atoms with Crippen LogP contribution in [0.25, 0.3) is 10.8 Å². The summed E-state index contributed by atoms with van der Waals surface area (Å²) in [6.07, 6.45) is 0.593. The Kier molecular flexibility index (Phi) is 3.89. The molecule has 21 heavy (non-hydrogen) atoms. The van der Waals surface area contributed by atoms with Gasteiger partial charge in [0.25, 0.3) is 0 Å². The van der Waals surface area contributed by atoms with E-state index >= 15 is 0 Å². The maximum atomic E-state index is 10.6. The number of aliphatic hydroxyl groups is 1. The monoisotopic (exact) mass is 278 g/mol. The van der Waals surface area contributed by atoms with Crippen LogP contribution in [0.15, 0.2) is 66.7 Å². The van der Waals surface area contributed by atoms with E-state index in [9.17, 15) is 10.2 Å². The molecule has 106 valence electrons. The zero-order valence-corrected chi connectivity index (χ0v) is 11.7. The average Bonchev–Trinajstić information content (AvgIpc) is 2.55. The van der Waals surface area contributed by atoms with E-state index in [1.165, 1.54) is 0 Å². The van der Waals surface area contributed by atoms with Gasteiger partial charge in [-0.15, -0.1) is 0 Å². The lowest BCUT2D eigenvalue weighted by Crippen LogP contribution is -2.04. The number of phenolic OH excluding ortho intramolecular Hbond substituents is 1. The van der Waals surface area contributed by atoms with Gasteiger partial charge in [-0.1, -0.05) is 66.7 Å². The minimum Gasteiger partial charge on any atom is -0.507 e. The molecule has 0 bridgehead atoms. The van der Waals surface area contributed by atoms with E-state index in [0.29, 0.717) is 12.2 Å². The van der Waals surface area contributed by atoms with Crippen LogP contribution in [0, 0.1) is 0 Å². The first kappa shape index (κ1) is 13.7. The Hall–Kier alpha value is -2.32. The standard InChI is InChI=1S/C19H18O2/c20-13-12-16(14-6-2-1-3-7-14)18-11-10-15-8-4-5-9-17(15)19(18)21/h1-11,16,20-21H,12-13H2/t16-/m1/s1. The second kappa shape index (κ2) is 5.98. The van der Waals surface area contributed by atoms with Gasteiger partial charge in [-0.25, -0.2) is 0 Å². The van der Waals surface area contributed by atoms with Crippen LogP contribution in [0.1, 0.15) is 23.5 Å². The summed E-state index contributed by atoms with van der Waals surface area (Å²) in [5.74, 6) is 0.316. The molecule has 3 aromatic rings. The van der Waals surface area contributed by atoms with Crippen LogP contribution >= 0.6 is 0 Å². The second-order valence-corrected chi connectivity index (χ2v) is 5.20. The molecule has 3 rings (SSSR count). The van der Waals surface area contributed by atoms with Gasteiger partial charge in [0.05, 0.1) is 0 Å². The number of aromatic hydroxyl groups is 1. The van der Waals surface area contributed by atoms with Crippen LogP contribution in [0.4, 0.5) is 0 Å². The number of hydrogen-bond donors (Lipinski definition) is 2. The highest BCUT2D eigenvalue weighted by Gasteiger charge is 2.18. The molecule has 0 aromatic heterocycles. The fraction of sp³-hybridized carbons (Fsp3) is 0.158. The maximum Gasteiger partial charge on any atom is 0.127 e. The van der Waals surface area contributed by atoms with Crippen molar-refractivity contribution in [3.63, 3.8) is 0 Å². The minimum atomic E-state index is 0.000746. The fourth-order valence-corrected chi connectivity index (χ4v) is 2.87. The fourth-order valence-electron chi connectivity index (χ4n) is 2.87. The molecule has 1 atom stereocenters. The molecular weight excluding hydrogens is 260 g/mol. The Morgan fingerprint density at radius 1 is 0.810 bits per heavy atom. The van der Waals surface area contributed by atoms with E-state index in [1.807, 2.05) is 66.7 Å². The zero-order chi connectivity index (χ0) is 14.7. The van der Waals surface area contributed by atoms with Gasteiger partial charge in [-0.2, -0.15) is 0 Å². The Labute approximate surface area is 124 Å². The van der Waals surface area contributed by atoms with Gasteiger partial charge in [0.15, 0.2) is 0 Å². The van der Waals surface area contributed by atoms with Gasteiger partial charge in [0.2, 0.25) is 0 Å². The Morgan fingerprint density at radius 3 is 2.29 bits per heavy atom. The number of benzene rings is 3. The zero-order valence-electron chi connectivity index (χ0n) is 11.7. The van der Waals surface area contributed by atoms with Crippen molar-refractivity contribution in [3.05, 3.63) is 77.9 Å². The second-order valence-electron chi connectivity index (χ2n) is 5.20. The number of hydrogen-bond acceptors (Lipinski definition) is 2. The highest BCUT2D eigenvalue weighted by molar-refractivity contribution is 5.89. The largest absolute Gasteiger partial charge is 0.507 e. The number of aliphatic hydroxyl groups excluding tert-OH is 1. The van der Waals surface area contributed by atoms with Crippen molar-refractivity contribution in [2.45, 2.75) is 12.3 Å². The highest BCUT2D eigenvalue weighted by Crippen LogP contribution is 2.38. The molecule has 3 aromatic carbocycles. The van der Waals surface area contributed by atoms with E-state index in [-0.39, 0.29) is 12.5 Å². The molecule has 0 amide bonds. The summed E-state index contributed by atoms with van der Waals surface area (Å²) in [5, 5.41) is 21.9. The summed E-state index contributed by atoms with van der Waals surface area (Å²) in [6, 6.07) is 21.8. The first-order valence-electron chi connectivity index (χ1n) is 7.17. The van der Waals surface area contributed by atoms with E-state index in [2.05, 4.69) is 0 Å². The molecule has 0 radical (unpaired) electrons. The van der Waals surface area contributed by atoms with Gasteiger partial charge in [0.1, 0.15) is 5.75 Å². The van der Waals surface area contributed by atoms with Crippen molar-refractivity contribution in [3.8, 4) is 5.75 Å². The van der Waals surface area contributed by atoms with Gasteiger partial charge in [-0.05, 0) is 17.4 Å². The summed E-state index contributed by atoms with van der Waals surface area (Å²) in [5.41, 5.74) is 1.98. The molecule has 0 aliphatic rings. The molecule has 0 saturated heterocycles. The quantitative estimate of drug-likeness (QED) is 0.755. The van der Waals surface area contributed by atoms with Gasteiger partial charge < -0.3 is 10.2 Å². The van der Waals surface area contributed by atoms with Crippen LogP contribution in [0.5, 0.6) is 5.75 Å². The molecule has 0 aliphatic heterocycles. The molecule has 2 N–H and O–H groups in total. The maximum absolute atomic E-state index is 10.6. The van der Waals surface area contributed by atoms with Crippen molar-refractivity contribution in [1.29, 1.82) is 0 Å². The minimum absolute atomic E-state index is 0.000746. The van der Waals surface area contributed by atoms with E-state index in [0.717, 1.165) is 21.9 Å². The van der Waals surface area contributed by atoms with Gasteiger partial charge >= 0.3 is 0 Å². The van der Waals surface area contributed by atoms with Gasteiger partial charge in [-0.3, -0.25) is 0 Å². The van der Waals surface area contributed by atoms with E-state index < -0.39 is 0 Å². The molecule has 0 saturated carbocycles. The molecule has 0 fully saturated rings. The van der Waals surface area contributed by atoms with Crippen LogP contribution in [-0.2, 0) is 0 Å². The molecule has 0 aliphatic carbocycles. The topological polar surface area (TPSA) is 40.5 Å². The Morgan fingerprint density at radius 2 is 1.52 bits per heavy atom. The Balaban J connectivity index is 2.14. The first-order chi connectivity index (χ1) is 10.3. The lowest BCUT2D eigenvalue weighted by molar-refractivity contribution is 0.281. The third-order valence-electron chi connectivity index (χ3n) is 3.93. The number of phenols is 1. The SMILES string of the molecule is OCC[C@H](c1ccccc1)c1ccc2ccccc2c1O. The smallest absolute Gasteiger partial charge is 0.127 e. The molecular formula is C19H18O2. The van der Waals surface area contributed by atoms with Crippen molar-refractivity contribution >= 4 is 10.8 Å². The average molecular weight is 278 g/mol. The van der Waals surface area contributed by atoms with Crippen molar-refractivity contribution in [1.82, 2.24) is 0 Å². The van der Waals surface area contributed by atoms with Crippen molar-refractivity contribution in [2.75, 3.05) is 6.61 Å². The van der Waals surface area contributed by atoms with Crippen molar-refractivity contribution < 1.29 is 10.2 Å².